The van der Waals surface area contributed by atoms with E-state index in [9.17, 15) is 17.6 Å². The Morgan fingerprint density at radius 1 is 1.43 bits per heavy atom. The van der Waals surface area contributed by atoms with Crippen LogP contribution in [0.1, 0.15) is 23.2 Å². The summed E-state index contributed by atoms with van der Waals surface area (Å²) in [4.78, 5) is 10.3. The normalized spacial score (nSPS) is 15.4. The number of benzene rings is 1. The molecule has 9 heteroatoms. The van der Waals surface area contributed by atoms with Gasteiger partial charge in [-0.1, -0.05) is 15.9 Å². The van der Waals surface area contributed by atoms with Crippen LogP contribution in [0, 0.1) is 5.82 Å². The molecule has 1 aliphatic rings. The summed E-state index contributed by atoms with van der Waals surface area (Å²) < 4.78 is 40.4. The first-order valence-electron chi connectivity index (χ1n) is 6.14. The molecule has 2 rings (SSSR count). The first kappa shape index (κ1) is 16.3. The molecule has 116 valence electrons. The summed E-state index contributed by atoms with van der Waals surface area (Å²) >= 11 is 2.99. The number of carboxylic acids is 1. The van der Waals surface area contributed by atoms with Crippen molar-refractivity contribution < 1.29 is 27.8 Å². The minimum atomic E-state index is -4.20. The standard InChI is InChI=1S/C12H13BrFNO5S/c13-7-5-9(12(17)18)11(14)10(6-7)21(19,20)15(3-4-16)8-1-2-8/h5-6,8,16H,1-4H2,(H,17,18). The number of carbonyl (C=O) groups is 1. The van der Waals surface area contributed by atoms with E-state index in [1.165, 1.54) is 0 Å². The number of rotatable bonds is 6. The van der Waals surface area contributed by atoms with Gasteiger partial charge in [-0.15, -0.1) is 0 Å². The van der Waals surface area contributed by atoms with Crippen molar-refractivity contribution >= 4 is 31.9 Å². The molecule has 1 saturated carbocycles. The molecule has 0 bridgehead atoms. The maximum absolute atomic E-state index is 14.2. The lowest BCUT2D eigenvalue weighted by Crippen LogP contribution is -2.36. The van der Waals surface area contributed by atoms with Gasteiger partial charge < -0.3 is 10.2 Å². The molecule has 1 aromatic carbocycles. The zero-order valence-corrected chi connectivity index (χ0v) is 13.2. The van der Waals surface area contributed by atoms with Crippen molar-refractivity contribution in [2.75, 3.05) is 13.2 Å². The maximum Gasteiger partial charge on any atom is 0.338 e. The van der Waals surface area contributed by atoms with Gasteiger partial charge in [0.1, 0.15) is 4.90 Å². The summed E-state index contributed by atoms with van der Waals surface area (Å²) in [5, 5.41) is 17.9. The predicted molar refractivity (Wildman–Crippen MR) is 75.1 cm³/mol. The van der Waals surface area contributed by atoms with Gasteiger partial charge >= 0.3 is 5.97 Å². The SMILES string of the molecule is O=C(O)c1cc(Br)cc(S(=O)(=O)N(CCO)C2CC2)c1F. The second-order valence-electron chi connectivity index (χ2n) is 4.64. The Balaban J connectivity index is 2.56. The lowest BCUT2D eigenvalue weighted by atomic mass is 10.2. The number of carboxylic acid groups (broad SMARTS) is 1. The fourth-order valence-electron chi connectivity index (χ4n) is 1.99. The molecular formula is C12H13BrFNO5S. The summed E-state index contributed by atoms with van der Waals surface area (Å²) in [6, 6.07) is 1.77. The first-order valence-corrected chi connectivity index (χ1v) is 8.37. The lowest BCUT2D eigenvalue weighted by Gasteiger charge is -2.21. The highest BCUT2D eigenvalue weighted by molar-refractivity contribution is 9.10. The first-order chi connectivity index (χ1) is 9.78. The summed E-state index contributed by atoms with van der Waals surface area (Å²) in [5.41, 5.74) is -0.720. The van der Waals surface area contributed by atoms with Gasteiger partial charge in [-0.3, -0.25) is 0 Å². The van der Waals surface area contributed by atoms with Crippen LogP contribution in [0.3, 0.4) is 0 Å². The van der Waals surface area contributed by atoms with E-state index < -0.39 is 38.9 Å². The molecule has 6 nitrogen and oxygen atoms in total. The van der Waals surface area contributed by atoms with Crippen molar-refractivity contribution in [2.45, 2.75) is 23.8 Å². The van der Waals surface area contributed by atoms with Crippen molar-refractivity contribution in [3.63, 3.8) is 0 Å². The molecule has 0 amide bonds. The Bertz CT molecular complexity index is 674. The van der Waals surface area contributed by atoms with Gasteiger partial charge in [0.2, 0.25) is 10.0 Å². The smallest absolute Gasteiger partial charge is 0.338 e. The predicted octanol–water partition coefficient (Wildman–Crippen LogP) is 1.43. The molecule has 0 unspecified atom stereocenters. The molecule has 0 aromatic heterocycles. The Morgan fingerprint density at radius 3 is 2.52 bits per heavy atom. The fraction of sp³-hybridized carbons (Fsp3) is 0.417. The maximum atomic E-state index is 14.2. The summed E-state index contributed by atoms with van der Waals surface area (Å²) in [6.07, 6.45) is 1.28. The average molecular weight is 382 g/mol. The molecule has 21 heavy (non-hydrogen) atoms. The van der Waals surface area contributed by atoms with E-state index >= 15 is 0 Å². The number of halogens is 2. The van der Waals surface area contributed by atoms with E-state index in [2.05, 4.69) is 15.9 Å². The van der Waals surface area contributed by atoms with Crippen LogP contribution >= 0.6 is 15.9 Å². The van der Waals surface area contributed by atoms with Gasteiger partial charge in [0.05, 0.1) is 12.2 Å². The van der Waals surface area contributed by atoms with E-state index in [1.54, 1.807) is 0 Å². The Morgan fingerprint density at radius 2 is 2.05 bits per heavy atom. The fourth-order valence-corrected chi connectivity index (χ4v) is 4.39. The van der Waals surface area contributed by atoms with Crippen LogP contribution in [0.25, 0.3) is 0 Å². The van der Waals surface area contributed by atoms with Crippen LogP contribution in [-0.4, -0.2) is 48.1 Å². The molecular weight excluding hydrogens is 369 g/mol. The monoisotopic (exact) mass is 381 g/mol. The number of aliphatic hydroxyl groups excluding tert-OH is 1. The van der Waals surface area contributed by atoms with E-state index in [0.717, 1.165) is 16.4 Å². The molecule has 2 N–H and O–H groups in total. The third-order valence-corrected chi connectivity index (χ3v) is 5.50. The van der Waals surface area contributed by atoms with Crippen molar-refractivity contribution in [1.82, 2.24) is 4.31 Å². The number of sulfonamides is 1. The number of aromatic carboxylic acids is 1. The molecule has 0 heterocycles. The van der Waals surface area contributed by atoms with Crippen LogP contribution in [0.15, 0.2) is 21.5 Å². The van der Waals surface area contributed by atoms with E-state index in [1.807, 2.05) is 0 Å². The van der Waals surface area contributed by atoms with E-state index in [-0.39, 0.29) is 17.1 Å². The van der Waals surface area contributed by atoms with Gasteiger partial charge in [0.25, 0.3) is 0 Å². The van der Waals surface area contributed by atoms with Crippen molar-refractivity contribution in [2.24, 2.45) is 0 Å². The zero-order valence-electron chi connectivity index (χ0n) is 10.8. The van der Waals surface area contributed by atoms with Gasteiger partial charge in [0, 0.05) is 17.1 Å². The largest absolute Gasteiger partial charge is 0.478 e. The second-order valence-corrected chi connectivity index (χ2v) is 7.42. The van der Waals surface area contributed by atoms with Crippen LogP contribution in [-0.2, 0) is 10.0 Å². The highest BCUT2D eigenvalue weighted by atomic mass is 79.9. The topological polar surface area (TPSA) is 94.9 Å². The average Bonchev–Trinajstić information content (AvgIpc) is 3.21. The number of hydrogen-bond donors (Lipinski definition) is 2. The summed E-state index contributed by atoms with van der Waals surface area (Å²) in [7, 11) is -4.20. The molecule has 0 aliphatic heterocycles. The van der Waals surface area contributed by atoms with Gasteiger partial charge in [-0.05, 0) is 25.0 Å². The quantitative estimate of drug-likeness (QED) is 0.776. The van der Waals surface area contributed by atoms with Crippen LogP contribution in [0.4, 0.5) is 4.39 Å². The van der Waals surface area contributed by atoms with E-state index in [4.69, 9.17) is 10.2 Å². The highest BCUT2D eigenvalue weighted by Crippen LogP contribution is 2.34. The number of nitrogens with zero attached hydrogens (tertiary/aromatic N) is 1. The summed E-state index contributed by atoms with van der Waals surface area (Å²) in [5.74, 6) is -2.85. The molecule has 0 radical (unpaired) electrons. The van der Waals surface area contributed by atoms with Crippen LogP contribution in [0.5, 0.6) is 0 Å². The third-order valence-electron chi connectivity index (χ3n) is 3.10. The molecule has 1 aliphatic carbocycles. The van der Waals surface area contributed by atoms with Gasteiger partial charge in [-0.25, -0.2) is 17.6 Å². The Kier molecular flexibility index (Phi) is 4.66. The lowest BCUT2D eigenvalue weighted by molar-refractivity contribution is 0.0691. The van der Waals surface area contributed by atoms with Crippen molar-refractivity contribution in [3.8, 4) is 0 Å². The van der Waals surface area contributed by atoms with Crippen LogP contribution in [0.2, 0.25) is 0 Å². The van der Waals surface area contributed by atoms with Gasteiger partial charge in [-0.2, -0.15) is 4.31 Å². The summed E-state index contributed by atoms with van der Waals surface area (Å²) in [6.45, 7) is -0.543. The Hall–Kier alpha value is -1.03. The minimum absolute atomic E-state index is 0.151. The van der Waals surface area contributed by atoms with Crippen molar-refractivity contribution in [3.05, 3.63) is 28.0 Å². The molecule has 1 fully saturated rings. The molecule has 0 atom stereocenters. The van der Waals surface area contributed by atoms with E-state index in [0.29, 0.717) is 12.8 Å². The molecule has 1 aromatic rings. The third kappa shape index (κ3) is 3.25. The second kappa shape index (κ2) is 5.99. The number of aliphatic hydroxyl groups is 1. The minimum Gasteiger partial charge on any atom is -0.478 e. The van der Waals surface area contributed by atoms with Crippen molar-refractivity contribution in [1.29, 1.82) is 0 Å². The Labute approximate surface area is 129 Å². The zero-order chi connectivity index (χ0) is 15.8. The molecule has 0 saturated heterocycles. The van der Waals surface area contributed by atoms with Gasteiger partial charge in [0.15, 0.2) is 5.82 Å². The molecule has 0 spiro atoms. The highest BCUT2D eigenvalue weighted by Gasteiger charge is 2.39. The van der Waals surface area contributed by atoms with Crippen LogP contribution < -0.4 is 0 Å². The number of hydrogen-bond acceptors (Lipinski definition) is 4.